The van der Waals surface area contributed by atoms with Gasteiger partial charge < -0.3 is 15.3 Å². The maximum atomic E-state index is 12.4. The Bertz CT molecular complexity index is 621. The van der Waals surface area contributed by atoms with E-state index in [4.69, 9.17) is 15.9 Å². The first-order chi connectivity index (χ1) is 10.7. The van der Waals surface area contributed by atoms with Gasteiger partial charge in [-0.2, -0.15) is 0 Å². The zero-order chi connectivity index (χ0) is 17.1. The van der Waals surface area contributed by atoms with Gasteiger partial charge in [-0.1, -0.05) is 31.4 Å². The molecule has 2 rings (SSSR count). The van der Waals surface area contributed by atoms with Gasteiger partial charge in [-0.3, -0.25) is 10.5 Å². The number of aliphatic hydroxyl groups excluding tert-OH is 1. The maximum absolute atomic E-state index is 12.4. The highest BCUT2D eigenvalue weighted by atomic mass is 32.2. The second kappa shape index (κ2) is 7.14. The van der Waals surface area contributed by atoms with Crippen LogP contribution >= 0.6 is 0 Å². The van der Waals surface area contributed by atoms with Crippen molar-refractivity contribution in [1.29, 1.82) is 0 Å². The Balaban J connectivity index is 2.10. The maximum Gasteiger partial charge on any atom is 0.235 e. The topological polar surface area (TPSA) is 133 Å². The van der Waals surface area contributed by atoms with Crippen LogP contribution in [0.4, 0.5) is 5.69 Å². The highest BCUT2D eigenvalue weighted by Gasteiger charge is 2.27. The third-order valence-corrected chi connectivity index (χ3v) is 5.89. The summed E-state index contributed by atoms with van der Waals surface area (Å²) in [7, 11) is -3.47. The van der Waals surface area contributed by atoms with Gasteiger partial charge in [0.25, 0.3) is 0 Å². The summed E-state index contributed by atoms with van der Waals surface area (Å²) >= 11 is 0. The standard InChI is InChI=1S/C15H24N2O5S/c16-15(19,20)10-14(18)11-5-4-6-12(9-11)17-23(21,22)13-7-2-1-3-8-13/h4-6,9,13-14,17-20H,1-3,7-8,10,16H2. The molecule has 1 aliphatic rings. The van der Waals surface area contributed by atoms with Crippen LogP contribution in [-0.2, 0) is 10.0 Å². The summed E-state index contributed by atoms with van der Waals surface area (Å²) in [4.78, 5) is 0. The Morgan fingerprint density at radius 2 is 1.91 bits per heavy atom. The minimum atomic E-state index is -3.47. The molecule has 0 radical (unpaired) electrons. The molecule has 0 heterocycles. The number of hydrogen-bond acceptors (Lipinski definition) is 6. The van der Waals surface area contributed by atoms with Crippen LogP contribution in [0, 0.1) is 0 Å². The minimum absolute atomic E-state index is 0.339. The van der Waals surface area contributed by atoms with Crippen molar-refractivity contribution in [3.63, 3.8) is 0 Å². The van der Waals surface area contributed by atoms with Crippen LogP contribution in [0.25, 0.3) is 0 Å². The van der Waals surface area contributed by atoms with Gasteiger partial charge in [-0.25, -0.2) is 8.42 Å². The smallest absolute Gasteiger partial charge is 0.235 e. The Morgan fingerprint density at radius 1 is 1.26 bits per heavy atom. The molecule has 1 aromatic carbocycles. The summed E-state index contributed by atoms with van der Waals surface area (Å²) in [5.74, 6) is -2.49. The van der Waals surface area contributed by atoms with E-state index < -0.39 is 33.7 Å². The van der Waals surface area contributed by atoms with Crippen molar-refractivity contribution in [2.45, 2.75) is 55.8 Å². The van der Waals surface area contributed by atoms with E-state index in [9.17, 15) is 13.5 Å². The molecule has 1 fully saturated rings. The van der Waals surface area contributed by atoms with E-state index in [1.54, 1.807) is 18.2 Å². The highest BCUT2D eigenvalue weighted by Crippen LogP contribution is 2.27. The first-order valence-electron chi connectivity index (χ1n) is 7.71. The van der Waals surface area contributed by atoms with Gasteiger partial charge >= 0.3 is 0 Å². The quantitative estimate of drug-likeness (QED) is 0.484. The number of benzene rings is 1. The molecule has 1 unspecified atom stereocenters. The van der Waals surface area contributed by atoms with E-state index in [-0.39, 0.29) is 0 Å². The molecule has 7 nitrogen and oxygen atoms in total. The summed E-state index contributed by atoms with van der Waals surface area (Å²) < 4.78 is 27.3. The lowest BCUT2D eigenvalue weighted by Gasteiger charge is -2.23. The molecule has 0 saturated heterocycles. The van der Waals surface area contributed by atoms with Crippen molar-refractivity contribution < 1.29 is 23.7 Å². The van der Waals surface area contributed by atoms with Crippen LogP contribution in [0.2, 0.25) is 0 Å². The van der Waals surface area contributed by atoms with Gasteiger partial charge in [0.1, 0.15) is 0 Å². The SMILES string of the molecule is NC(O)(O)CC(O)c1cccc(NS(=O)(=O)C2CCCCC2)c1. The summed E-state index contributed by atoms with van der Waals surface area (Å²) in [5.41, 5.74) is 5.74. The lowest BCUT2D eigenvalue weighted by Crippen LogP contribution is -2.40. The molecule has 0 aromatic heterocycles. The molecule has 8 heteroatoms. The molecule has 0 bridgehead atoms. The lowest BCUT2D eigenvalue weighted by molar-refractivity contribution is -0.176. The van der Waals surface area contributed by atoms with Crippen molar-refractivity contribution in [1.82, 2.24) is 0 Å². The predicted octanol–water partition coefficient (Wildman–Crippen LogP) is 0.782. The number of rotatable bonds is 6. The van der Waals surface area contributed by atoms with Crippen LogP contribution in [0.5, 0.6) is 0 Å². The van der Waals surface area contributed by atoms with E-state index in [0.29, 0.717) is 24.1 Å². The van der Waals surface area contributed by atoms with E-state index in [1.165, 1.54) is 6.07 Å². The number of hydrogen-bond donors (Lipinski definition) is 5. The van der Waals surface area contributed by atoms with Crippen molar-refractivity contribution in [2.75, 3.05) is 4.72 Å². The van der Waals surface area contributed by atoms with Crippen molar-refractivity contribution in [2.24, 2.45) is 5.73 Å². The molecule has 1 aliphatic carbocycles. The average Bonchev–Trinajstić information content (AvgIpc) is 2.46. The van der Waals surface area contributed by atoms with E-state index in [0.717, 1.165) is 19.3 Å². The first kappa shape index (κ1) is 18.2. The first-order valence-corrected chi connectivity index (χ1v) is 9.25. The van der Waals surface area contributed by atoms with Crippen LogP contribution in [-0.4, -0.2) is 34.9 Å². The molecule has 0 spiro atoms. The van der Waals surface area contributed by atoms with E-state index in [2.05, 4.69) is 4.72 Å². The Hall–Kier alpha value is -1.19. The van der Waals surface area contributed by atoms with Gasteiger partial charge in [0.2, 0.25) is 15.9 Å². The molecule has 0 amide bonds. The van der Waals surface area contributed by atoms with E-state index >= 15 is 0 Å². The summed E-state index contributed by atoms with van der Waals surface area (Å²) in [6.45, 7) is 0. The van der Waals surface area contributed by atoms with E-state index in [1.807, 2.05) is 0 Å². The van der Waals surface area contributed by atoms with Crippen LogP contribution in [0.1, 0.15) is 50.2 Å². The Morgan fingerprint density at radius 3 is 2.52 bits per heavy atom. The lowest BCUT2D eigenvalue weighted by atomic mass is 10.0. The monoisotopic (exact) mass is 344 g/mol. The average molecular weight is 344 g/mol. The zero-order valence-electron chi connectivity index (χ0n) is 12.9. The molecule has 6 N–H and O–H groups in total. The van der Waals surface area contributed by atoms with Crippen LogP contribution in [0.3, 0.4) is 0 Å². The fourth-order valence-corrected chi connectivity index (χ4v) is 4.41. The van der Waals surface area contributed by atoms with Gasteiger partial charge in [0.05, 0.1) is 11.4 Å². The normalized spacial score (nSPS) is 18.6. The largest absolute Gasteiger partial charge is 0.388 e. The third kappa shape index (κ3) is 5.43. The summed E-state index contributed by atoms with van der Waals surface area (Å²) in [6, 6.07) is 6.21. The second-order valence-electron chi connectivity index (χ2n) is 6.13. The van der Waals surface area contributed by atoms with Gasteiger partial charge in [0.15, 0.2) is 0 Å². The Labute approximate surface area is 136 Å². The summed E-state index contributed by atoms with van der Waals surface area (Å²) in [6.07, 6.45) is 2.51. The highest BCUT2D eigenvalue weighted by molar-refractivity contribution is 7.93. The molecule has 1 saturated carbocycles. The Kier molecular flexibility index (Phi) is 5.64. The molecular formula is C15H24N2O5S. The third-order valence-electron chi connectivity index (χ3n) is 4.02. The number of anilines is 1. The number of nitrogens with one attached hydrogen (secondary N) is 1. The predicted molar refractivity (Wildman–Crippen MR) is 86.8 cm³/mol. The number of aliphatic hydroxyl groups is 3. The molecular weight excluding hydrogens is 320 g/mol. The fraction of sp³-hybridized carbons (Fsp3) is 0.600. The van der Waals surface area contributed by atoms with Crippen LogP contribution in [0.15, 0.2) is 24.3 Å². The number of sulfonamides is 1. The van der Waals surface area contributed by atoms with Gasteiger partial charge in [-0.05, 0) is 30.5 Å². The van der Waals surface area contributed by atoms with Gasteiger partial charge in [-0.15, -0.1) is 0 Å². The number of nitrogens with two attached hydrogens (primary N) is 1. The van der Waals surface area contributed by atoms with Crippen molar-refractivity contribution in [3.05, 3.63) is 29.8 Å². The molecule has 0 aliphatic heterocycles. The molecule has 23 heavy (non-hydrogen) atoms. The molecule has 1 aromatic rings. The second-order valence-corrected chi connectivity index (χ2v) is 8.09. The van der Waals surface area contributed by atoms with Crippen molar-refractivity contribution >= 4 is 15.7 Å². The zero-order valence-corrected chi connectivity index (χ0v) is 13.7. The fourth-order valence-electron chi connectivity index (χ4n) is 2.83. The minimum Gasteiger partial charge on any atom is -0.388 e. The molecule has 1 atom stereocenters. The molecule has 130 valence electrons. The summed E-state index contributed by atoms with van der Waals surface area (Å²) in [5, 5.41) is 27.8. The van der Waals surface area contributed by atoms with Crippen LogP contribution < -0.4 is 10.5 Å². The van der Waals surface area contributed by atoms with Gasteiger partial charge in [0, 0.05) is 12.1 Å². The van der Waals surface area contributed by atoms with Crippen molar-refractivity contribution in [3.8, 4) is 0 Å².